The summed E-state index contributed by atoms with van der Waals surface area (Å²) in [6.07, 6.45) is 1.79. The number of rotatable bonds is 10. The number of halogens is 2. The molecule has 0 saturated carbocycles. The Morgan fingerprint density at radius 2 is 1.67 bits per heavy atom. The van der Waals surface area contributed by atoms with Gasteiger partial charge in [0.25, 0.3) is 5.91 Å². The van der Waals surface area contributed by atoms with Crippen LogP contribution in [-0.4, -0.2) is 25.1 Å². The third-order valence-electron chi connectivity index (χ3n) is 4.48. The number of carbonyl (C=O) groups excluding carboxylic acids is 1. The fraction of sp³-hybridized carbons (Fsp3) is 0.182. The monoisotopic (exact) mass is 475 g/mol. The summed E-state index contributed by atoms with van der Waals surface area (Å²) < 4.78 is 53.1. The molecule has 1 aromatic heterocycles. The maximum Gasteiger partial charge on any atom is 0.252 e. The van der Waals surface area contributed by atoms with E-state index < -0.39 is 27.6 Å². The number of aromatic nitrogens is 1. The number of pyridine rings is 1. The second-order valence-corrected chi connectivity index (χ2v) is 9.08. The van der Waals surface area contributed by atoms with Crippen LogP contribution in [0.1, 0.15) is 29.3 Å². The van der Waals surface area contributed by atoms with E-state index in [1.807, 2.05) is 0 Å². The van der Waals surface area contributed by atoms with Crippen LogP contribution in [0.3, 0.4) is 0 Å². The summed E-state index contributed by atoms with van der Waals surface area (Å²) in [5.41, 5.74) is 7.23. The standard InChI is InChI=1S/C22H23F2N5O3S/c1-2-7-33(31,32)29-18-5-3-17(4-6-18)28-21-11-20(19(13-27-21)22(25)30)26-12-14-8-15(23)10-16(24)9-14/h3-6,8-11,13,29H,2,7,12H2,1H3,(H2,25,30)(H2,26,27,28). The third-order valence-corrected chi connectivity index (χ3v) is 5.97. The minimum Gasteiger partial charge on any atom is -0.380 e. The number of nitrogens with one attached hydrogen (secondary N) is 3. The highest BCUT2D eigenvalue weighted by Crippen LogP contribution is 2.23. The largest absolute Gasteiger partial charge is 0.380 e. The molecular weight excluding hydrogens is 452 g/mol. The lowest BCUT2D eigenvalue weighted by Crippen LogP contribution is -2.16. The van der Waals surface area contributed by atoms with Gasteiger partial charge >= 0.3 is 0 Å². The van der Waals surface area contributed by atoms with E-state index in [9.17, 15) is 22.0 Å². The van der Waals surface area contributed by atoms with Crippen molar-refractivity contribution < 1.29 is 22.0 Å². The van der Waals surface area contributed by atoms with E-state index in [0.29, 0.717) is 34.9 Å². The summed E-state index contributed by atoms with van der Waals surface area (Å²) in [5, 5.41) is 5.99. The van der Waals surface area contributed by atoms with Crippen molar-refractivity contribution in [1.82, 2.24) is 4.98 Å². The SMILES string of the molecule is CCCS(=O)(=O)Nc1ccc(Nc2cc(NCc3cc(F)cc(F)c3)c(C(N)=O)cn2)cc1. The Kier molecular flexibility index (Phi) is 7.44. The Balaban J connectivity index is 1.75. The molecule has 1 heterocycles. The lowest BCUT2D eigenvalue weighted by Gasteiger charge is -2.13. The number of carbonyl (C=O) groups is 1. The number of nitrogens with two attached hydrogens (primary N) is 1. The Morgan fingerprint density at radius 3 is 2.27 bits per heavy atom. The molecule has 1 amide bonds. The Labute approximate surface area is 190 Å². The van der Waals surface area contributed by atoms with Crippen LogP contribution in [-0.2, 0) is 16.6 Å². The molecule has 0 fully saturated rings. The zero-order valence-corrected chi connectivity index (χ0v) is 18.5. The van der Waals surface area contributed by atoms with Gasteiger partial charge in [-0.1, -0.05) is 6.92 Å². The normalized spacial score (nSPS) is 11.1. The number of anilines is 4. The van der Waals surface area contributed by atoms with Crippen molar-refractivity contribution in [3.8, 4) is 0 Å². The summed E-state index contributed by atoms with van der Waals surface area (Å²) in [6, 6.07) is 11.2. The zero-order chi connectivity index (χ0) is 24.0. The molecule has 0 unspecified atom stereocenters. The number of primary amides is 1. The predicted molar refractivity (Wildman–Crippen MR) is 124 cm³/mol. The van der Waals surface area contributed by atoms with E-state index in [1.165, 1.54) is 24.4 Å². The van der Waals surface area contributed by atoms with Gasteiger partial charge in [-0.2, -0.15) is 0 Å². The van der Waals surface area contributed by atoms with E-state index in [4.69, 9.17) is 5.73 Å². The third kappa shape index (κ3) is 6.88. The highest BCUT2D eigenvalue weighted by molar-refractivity contribution is 7.92. The maximum atomic E-state index is 13.4. The fourth-order valence-corrected chi connectivity index (χ4v) is 4.18. The minimum atomic E-state index is -3.39. The van der Waals surface area contributed by atoms with Crippen LogP contribution in [0.5, 0.6) is 0 Å². The van der Waals surface area contributed by atoms with Gasteiger partial charge in [-0.15, -0.1) is 0 Å². The lowest BCUT2D eigenvalue weighted by molar-refractivity contribution is 0.100. The molecule has 0 atom stereocenters. The topological polar surface area (TPSA) is 126 Å². The average Bonchev–Trinajstić information content (AvgIpc) is 2.72. The van der Waals surface area contributed by atoms with Gasteiger partial charge in [0.2, 0.25) is 10.0 Å². The highest BCUT2D eigenvalue weighted by Gasteiger charge is 2.12. The smallest absolute Gasteiger partial charge is 0.252 e. The minimum absolute atomic E-state index is 0.0289. The predicted octanol–water partition coefficient (Wildman–Crippen LogP) is 3.97. The number of amides is 1. The molecule has 8 nitrogen and oxygen atoms in total. The van der Waals surface area contributed by atoms with Gasteiger partial charge in [0, 0.05) is 36.2 Å². The van der Waals surface area contributed by atoms with Gasteiger partial charge in [-0.3, -0.25) is 9.52 Å². The van der Waals surface area contributed by atoms with Gasteiger partial charge in [-0.05, 0) is 48.4 Å². The molecular formula is C22H23F2N5O3S. The van der Waals surface area contributed by atoms with E-state index >= 15 is 0 Å². The summed E-state index contributed by atoms with van der Waals surface area (Å²) in [4.78, 5) is 15.9. The van der Waals surface area contributed by atoms with Gasteiger partial charge in [0.05, 0.1) is 17.0 Å². The molecule has 2 aromatic carbocycles. The van der Waals surface area contributed by atoms with Crippen LogP contribution in [0.2, 0.25) is 0 Å². The van der Waals surface area contributed by atoms with Crippen molar-refractivity contribution >= 4 is 38.8 Å². The molecule has 33 heavy (non-hydrogen) atoms. The van der Waals surface area contributed by atoms with Crippen molar-refractivity contribution in [3.63, 3.8) is 0 Å². The number of hydrogen-bond donors (Lipinski definition) is 4. The molecule has 0 radical (unpaired) electrons. The van der Waals surface area contributed by atoms with Crippen molar-refractivity contribution in [2.75, 3.05) is 21.1 Å². The summed E-state index contributed by atoms with van der Waals surface area (Å²) >= 11 is 0. The second kappa shape index (κ2) is 10.3. The van der Waals surface area contributed by atoms with Crippen molar-refractivity contribution in [3.05, 3.63) is 77.5 Å². The van der Waals surface area contributed by atoms with E-state index in [-0.39, 0.29) is 17.9 Å². The lowest BCUT2D eigenvalue weighted by atomic mass is 10.1. The Hall–Kier alpha value is -3.73. The first kappa shape index (κ1) is 23.9. The first-order valence-electron chi connectivity index (χ1n) is 10.0. The van der Waals surface area contributed by atoms with Gasteiger partial charge < -0.3 is 16.4 Å². The summed E-state index contributed by atoms with van der Waals surface area (Å²) in [7, 11) is -3.39. The quantitative estimate of drug-likeness (QED) is 0.352. The number of nitrogens with zero attached hydrogens (tertiary/aromatic N) is 1. The average molecular weight is 476 g/mol. The first-order chi connectivity index (χ1) is 15.6. The van der Waals surface area contributed by atoms with Crippen LogP contribution < -0.4 is 21.1 Å². The van der Waals surface area contributed by atoms with Crippen LogP contribution in [0, 0.1) is 11.6 Å². The first-order valence-corrected chi connectivity index (χ1v) is 11.7. The molecule has 11 heteroatoms. The molecule has 174 valence electrons. The molecule has 3 rings (SSSR count). The van der Waals surface area contributed by atoms with Crippen LogP contribution in [0.15, 0.2) is 54.7 Å². The van der Waals surface area contributed by atoms with Crippen LogP contribution in [0.4, 0.5) is 31.7 Å². The van der Waals surface area contributed by atoms with Crippen LogP contribution in [0.25, 0.3) is 0 Å². The second-order valence-electron chi connectivity index (χ2n) is 7.23. The molecule has 0 bridgehead atoms. The molecule has 0 aliphatic carbocycles. The molecule has 5 N–H and O–H groups in total. The molecule has 0 spiro atoms. The zero-order valence-electron chi connectivity index (χ0n) is 17.7. The van der Waals surface area contributed by atoms with Gasteiger partial charge in [0.1, 0.15) is 17.5 Å². The van der Waals surface area contributed by atoms with E-state index in [1.54, 1.807) is 31.2 Å². The Bertz CT molecular complexity index is 1230. The highest BCUT2D eigenvalue weighted by atomic mass is 32.2. The van der Waals surface area contributed by atoms with Crippen LogP contribution >= 0.6 is 0 Å². The maximum absolute atomic E-state index is 13.4. The summed E-state index contributed by atoms with van der Waals surface area (Å²) in [5.74, 6) is -1.74. The number of sulfonamides is 1. The molecule has 0 aliphatic heterocycles. The molecule has 0 saturated heterocycles. The van der Waals surface area contributed by atoms with Crippen molar-refractivity contribution in [2.24, 2.45) is 5.73 Å². The van der Waals surface area contributed by atoms with Crippen molar-refractivity contribution in [2.45, 2.75) is 19.9 Å². The molecule has 3 aromatic rings. The summed E-state index contributed by atoms with van der Waals surface area (Å²) in [6.45, 7) is 1.83. The fourth-order valence-electron chi connectivity index (χ4n) is 3.05. The van der Waals surface area contributed by atoms with E-state index in [2.05, 4.69) is 20.3 Å². The Morgan fingerprint density at radius 1 is 1.03 bits per heavy atom. The number of benzene rings is 2. The van der Waals surface area contributed by atoms with Crippen molar-refractivity contribution in [1.29, 1.82) is 0 Å². The molecule has 0 aliphatic rings. The van der Waals surface area contributed by atoms with Gasteiger partial charge in [-0.25, -0.2) is 22.2 Å². The van der Waals surface area contributed by atoms with E-state index in [0.717, 1.165) is 6.07 Å². The number of hydrogen-bond acceptors (Lipinski definition) is 6. The van der Waals surface area contributed by atoms with Gasteiger partial charge in [0.15, 0.2) is 0 Å².